The van der Waals surface area contributed by atoms with E-state index in [0.29, 0.717) is 25.0 Å². The summed E-state index contributed by atoms with van der Waals surface area (Å²) in [6.45, 7) is 9.24. The van der Waals surface area contributed by atoms with Crippen molar-refractivity contribution in [2.75, 3.05) is 26.3 Å². The molecule has 0 aromatic heterocycles. The standard InChI is InChI=1S/C10H24N4O/c1-4-12-10(14-11)13-6-8-15-7-5-9(2)3/h9H,4-8,11H2,1-3H3,(H2,12,13,14). The summed E-state index contributed by atoms with van der Waals surface area (Å²) in [4.78, 5) is 4.19. The van der Waals surface area contributed by atoms with Crippen molar-refractivity contribution < 1.29 is 4.74 Å². The lowest BCUT2D eigenvalue weighted by atomic mass is 10.1. The summed E-state index contributed by atoms with van der Waals surface area (Å²) >= 11 is 0. The van der Waals surface area contributed by atoms with Gasteiger partial charge in [-0.05, 0) is 19.3 Å². The Morgan fingerprint density at radius 1 is 1.40 bits per heavy atom. The first-order chi connectivity index (χ1) is 7.20. The Labute approximate surface area is 92.4 Å². The average Bonchev–Trinajstić information content (AvgIpc) is 2.21. The quantitative estimate of drug-likeness (QED) is 0.190. The Hall–Kier alpha value is -0.810. The highest BCUT2D eigenvalue weighted by Gasteiger charge is 1.94. The topological polar surface area (TPSA) is 71.7 Å². The van der Waals surface area contributed by atoms with Crippen LogP contribution in [0.1, 0.15) is 27.2 Å². The zero-order valence-electron chi connectivity index (χ0n) is 10.0. The summed E-state index contributed by atoms with van der Waals surface area (Å²) in [6, 6.07) is 0. The van der Waals surface area contributed by atoms with Crippen LogP contribution in [0.3, 0.4) is 0 Å². The fraction of sp³-hybridized carbons (Fsp3) is 0.900. The van der Waals surface area contributed by atoms with E-state index in [0.717, 1.165) is 19.6 Å². The molecule has 4 N–H and O–H groups in total. The van der Waals surface area contributed by atoms with Crippen molar-refractivity contribution in [3.63, 3.8) is 0 Å². The molecule has 0 spiro atoms. The number of nitrogens with one attached hydrogen (secondary N) is 2. The van der Waals surface area contributed by atoms with Crippen LogP contribution in [0.15, 0.2) is 4.99 Å². The molecule has 0 aliphatic carbocycles. The minimum Gasteiger partial charge on any atom is -0.380 e. The minimum atomic E-state index is 0.616. The maximum atomic E-state index is 5.41. The van der Waals surface area contributed by atoms with Gasteiger partial charge < -0.3 is 10.1 Å². The smallest absolute Gasteiger partial charge is 0.205 e. The summed E-state index contributed by atoms with van der Waals surface area (Å²) in [6.07, 6.45) is 1.10. The third-order valence-electron chi connectivity index (χ3n) is 1.83. The van der Waals surface area contributed by atoms with Crippen molar-refractivity contribution >= 4 is 5.96 Å². The van der Waals surface area contributed by atoms with Crippen LogP contribution in [-0.2, 0) is 4.74 Å². The molecule has 0 heterocycles. The van der Waals surface area contributed by atoms with Crippen molar-refractivity contribution in [1.29, 1.82) is 0 Å². The number of nitrogens with two attached hydrogens (primary N) is 1. The number of guanidine groups is 1. The van der Waals surface area contributed by atoms with E-state index in [9.17, 15) is 0 Å². The Kier molecular flexibility index (Phi) is 9.21. The second-order valence-electron chi connectivity index (χ2n) is 3.70. The minimum absolute atomic E-state index is 0.616. The lowest BCUT2D eigenvalue weighted by Crippen LogP contribution is -2.41. The van der Waals surface area contributed by atoms with Crippen LogP contribution in [0.25, 0.3) is 0 Å². The van der Waals surface area contributed by atoms with Crippen LogP contribution in [0.5, 0.6) is 0 Å². The molecule has 5 heteroatoms. The van der Waals surface area contributed by atoms with Gasteiger partial charge in [0.25, 0.3) is 0 Å². The third kappa shape index (κ3) is 9.49. The molecule has 0 atom stereocenters. The van der Waals surface area contributed by atoms with E-state index in [1.807, 2.05) is 6.92 Å². The fourth-order valence-corrected chi connectivity index (χ4v) is 0.963. The van der Waals surface area contributed by atoms with Gasteiger partial charge in [-0.1, -0.05) is 13.8 Å². The lowest BCUT2D eigenvalue weighted by molar-refractivity contribution is 0.130. The van der Waals surface area contributed by atoms with Crippen molar-refractivity contribution in [3.8, 4) is 0 Å². The molecule has 0 bridgehead atoms. The Bertz CT molecular complexity index is 171. The number of rotatable bonds is 7. The highest BCUT2D eigenvalue weighted by molar-refractivity contribution is 5.78. The summed E-state index contributed by atoms with van der Waals surface area (Å²) < 4.78 is 5.41. The Morgan fingerprint density at radius 2 is 2.13 bits per heavy atom. The molecule has 0 unspecified atom stereocenters. The van der Waals surface area contributed by atoms with Gasteiger partial charge in [-0.3, -0.25) is 5.43 Å². The van der Waals surface area contributed by atoms with Crippen LogP contribution >= 0.6 is 0 Å². The van der Waals surface area contributed by atoms with E-state index in [1.54, 1.807) is 0 Å². The summed E-state index contributed by atoms with van der Waals surface area (Å²) in [7, 11) is 0. The van der Waals surface area contributed by atoms with E-state index in [4.69, 9.17) is 10.6 Å². The second kappa shape index (κ2) is 9.73. The van der Waals surface area contributed by atoms with Crippen molar-refractivity contribution in [3.05, 3.63) is 0 Å². The van der Waals surface area contributed by atoms with E-state index >= 15 is 0 Å². The van der Waals surface area contributed by atoms with E-state index in [2.05, 4.69) is 29.6 Å². The van der Waals surface area contributed by atoms with Crippen molar-refractivity contribution in [1.82, 2.24) is 10.7 Å². The molecule has 0 fully saturated rings. The molecule has 15 heavy (non-hydrogen) atoms. The molecule has 5 nitrogen and oxygen atoms in total. The first-order valence-electron chi connectivity index (χ1n) is 5.53. The monoisotopic (exact) mass is 216 g/mol. The molecular weight excluding hydrogens is 192 g/mol. The molecular formula is C10H24N4O. The van der Waals surface area contributed by atoms with E-state index in [1.165, 1.54) is 0 Å². The Balaban J connectivity index is 3.41. The van der Waals surface area contributed by atoms with Gasteiger partial charge in [-0.15, -0.1) is 0 Å². The molecule has 0 aromatic rings. The molecule has 0 rings (SSSR count). The predicted octanol–water partition coefficient (Wildman–Crippen LogP) is 0.478. The van der Waals surface area contributed by atoms with Gasteiger partial charge in [0.15, 0.2) is 0 Å². The van der Waals surface area contributed by atoms with Gasteiger partial charge in [0, 0.05) is 13.2 Å². The van der Waals surface area contributed by atoms with Crippen molar-refractivity contribution in [2.24, 2.45) is 16.8 Å². The maximum absolute atomic E-state index is 5.41. The summed E-state index contributed by atoms with van der Waals surface area (Å²) in [5.41, 5.74) is 2.50. The number of aliphatic imine (C=N–C) groups is 1. The number of ether oxygens (including phenoxy) is 1. The van der Waals surface area contributed by atoms with Crippen LogP contribution in [-0.4, -0.2) is 32.3 Å². The first kappa shape index (κ1) is 14.2. The van der Waals surface area contributed by atoms with Gasteiger partial charge in [0.2, 0.25) is 5.96 Å². The molecule has 0 amide bonds. The van der Waals surface area contributed by atoms with Gasteiger partial charge in [0.1, 0.15) is 0 Å². The normalized spacial score (nSPS) is 11.9. The summed E-state index contributed by atoms with van der Waals surface area (Å²) in [5, 5.41) is 3.00. The van der Waals surface area contributed by atoms with Gasteiger partial charge in [0.05, 0.1) is 13.2 Å². The molecule has 0 saturated carbocycles. The van der Waals surface area contributed by atoms with Gasteiger partial charge in [-0.25, -0.2) is 10.8 Å². The first-order valence-corrected chi connectivity index (χ1v) is 5.53. The van der Waals surface area contributed by atoms with Crippen molar-refractivity contribution in [2.45, 2.75) is 27.2 Å². The number of nitrogens with zero attached hydrogens (tertiary/aromatic N) is 1. The second-order valence-corrected chi connectivity index (χ2v) is 3.70. The van der Waals surface area contributed by atoms with Crippen LogP contribution in [0.4, 0.5) is 0 Å². The molecule has 0 aliphatic rings. The van der Waals surface area contributed by atoms with Crippen LogP contribution < -0.4 is 16.6 Å². The lowest BCUT2D eigenvalue weighted by Gasteiger charge is -2.07. The van der Waals surface area contributed by atoms with Gasteiger partial charge in [-0.2, -0.15) is 0 Å². The number of hydrazine groups is 1. The largest absolute Gasteiger partial charge is 0.380 e. The molecule has 0 saturated heterocycles. The molecule has 90 valence electrons. The van der Waals surface area contributed by atoms with Crippen LogP contribution in [0, 0.1) is 5.92 Å². The predicted molar refractivity (Wildman–Crippen MR) is 63.6 cm³/mol. The van der Waals surface area contributed by atoms with Gasteiger partial charge >= 0.3 is 0 Å². The molecule has 0 aromatic carbocycles. The zero-order valence-corrected chi connectivity index (χ0v) is 10.0. The number of hydrogen-bond acceptors (Lipinski definition) is 3. The maximum Gasteiger partial charge on any atom is 0.205 e. The van der Waals surface area contributed by atoms with E-state index < -0.39 is 0 Å². The summed E-state index contributed by atoms with van der Waals surface area (Å²) in [5.74, 6) is 6.56. The fourth-order valence-electron chi connectivity index (χ4n) is 0.963. The third-order valence-corrected chi connectivity index (χ3v) is 1.83. The Morgan fingerprint density at radius 3 is 2.67 bits per heavy atom. The van der Waals surface area contributed by atoms with Crippen LogP contribution in [0.2, 0.25) is 0 Å². The van der Waals surface area contributed by atoms with E-state index in [-0.39, 0.29) is 0 Å². The zero-order chi connectivity index (χ0) is 11.5. The number of hydrogen-bond donors (Lipinski definition) is 3. The molecule has 0 aliphatic heterocycles. The molecule has 0 radical (unpaired) electrons. The highest BCUT2D eigenvalue weighted by atomic mass is 16.5. The highest BCUT2D eigenvalue weighted by Crippen LogP contribution is 1.98. The SMILES string of the molecule is CCNC(=NCCOCCC(C)C)NN. The average molecular weight is 216 g/mol.